The molecule has 0 aliphatic rings. The molecule has 0 saturated carbocycles. The molecule has 3 rings (SSSR count). The van der Waals surface area contributed by atoms with Crippen LogP contribution in [0.1, 0.15) is 5.69 Å². The fourth-order valence-corrected chi connectivity index (χ4v) is 3.15. The number of H-pyrrole nitrogens is 1. The number of imidazole rings is 1. The van der Waals surface area contributed by atoms with Crippen LogP contribution in [0.2, 0.25) is 0 Å². The van der Waals surface area contributed by atoms with E-state index < -0.39 is 0 Å². The number of aromatic nitrogens is 3. The van der Waals surface area contributed by atoms with Gasteiger partial charge in [0.2, 0.25) is 5.75 Å². The zero-order valence-electron chi connectivity index (χ0n) is 13.5. The molecule has 0 aliphatic carbocycles. The van der Waals surface area contributed by atoms with Crippen LogP contribution in [-0.2, 0) is 5.75 Å². The van der Waals surface area contributed by atoms with Crippen molar-refractivity contribution in [2.45, 2.75) is 10.9 Å². The molecule has 3 aromatic rings. The van der Waals surface area contributed by atoms with Gasteiger partial charge < -0.3 is 24.3 Å². The molecule has 0 atom stereocenters. The topological polar surface area (TPSA) is 89.5 Å². The van der Waals surface area contributed by atoms with Gasteiger partial charge >= 0.3 is 0 Å². The monoisotopic (exact) mass is 347 g/mol. The lowest BCUT2D eigenvalue weighted by molar-refractivity contribution is 0.320. The third-order valence-electron chi connectivity index (χ3n) is 3.45. The molecule has 8 heteroatoms. The number of fused-ring (bicyclic) bond motifs is 1. The maximum atomic E-state index is 9.52. The summed E-state index contributed by atoms with van der Waals surface area (Å²) < 4.78 is 16.0. The summed E-state index contributed by atoms with van der Waals surface area (Å²) in [6.07, 6.45) is 1.61. The second kappa shape index (κ2) is 6.88. The minimum absolute atomic E-state index is 0.200. The number of nitrogens with zero attached hydrogens (tertiary/aromatic N) is 2. The Hall–Kier alpha value is -2.61. The lowest BCUT2D eigenvalue weighted by Gasteiger charge is -2.14. The largest absolute Gasteiger partial charge is 0.508 e. The second-order valence-electron chi connectivity index (χ2n) is 4.87. The van der Waals surface area contributed by atoms with Gasteiger partial charge in [-0.05, 0) is 12.1 Å². The molecule has 2 heterocycles. The van der Waals surface area contributed by atoms with Crippen molar-refractivity contribution in [3.05, 3.63) is 30.1 Å². The zero-order valence-corrected chi connectivity index (χ0v) is 14.3. The number of hydrogen-bond donors (Lipinski definition) is 2. The number of rotatable bonds is 6. The fourth-order valence-electron chi connectivity index (χ4n) is 2.33. The first kappa shape index (κ1) is 16.3. The van der Waals surface area contributed by atoms with Crippen molar-refractivity contribution in [1.82, 2.24) is 15.0 Å². The van der Waals surface area contributed by atoms with Gasteiger partial charge in [0.15, 0.2) is 16.7 Å². The van der Waals surface area contributed by atoms with Crippen LogP contribution < -0.4 is 14.2 Å². The molecule has 7 nitrogen and oxygen atoms in total. The van der Waals surface area contributed by atoms with Gasteiger partial charge in [0, 0.05) is 11.8 Å². The molecule has 24 heavy (non-hydrogen) atoms. The van der Waals surface area contributed by atoms with Gasteiger partial charge in [0.05, 0.1) is 44.3 Å². The van der Waals surface area contributed by atoms with E-state index in [2.05, 4.69) is 15.0 Å². The van der Waals surface area contributed by atoms with Crippen LogP contribution in [-0.4, -0.2) is 41.4 Å². The number of ether oxygens (including phenoxy) is 3. The standard InChI is InChI=1S/C16H17N3O4S/c1-21-13-7-17-12(14(22-2)15(13)23-3)8-24-16-18-10-5-4-9(20)6-11(10)19-16/h4-7,20H,8H2,1-3H3,(H,18,19). The molecule has 1 aromatic carbocycles. The molecule has 0 fully saturated rings. The number of methoxy groups -OCH3 is 3. The maximum Gasteiger partial charge on any atom is 0.206 e. The number of pyridine rings is 1. The van der Waals surface area contributed by atoms with E-state index in [-0.39, 0.29) is 5.75 Å². The molecular weight excluding hydrogens is 330 g/mol. The summed E-state index contributed by atoms with van der Waals surface area (Å²) in [6, 6.07) is 5.01. The van der Waals surface area contributed by atoms with Crippen LogP contribution in [0, 0.1) is 0 Å². The average Bonchev–Trinajstić information content (AvgIpc) is 3.00. The lowest BCUT2D eigenvalue weighted by atomic mass is 10.3. The fraction of sp³-hybridized carbons (Fsp3) is 0.250. The number of nitrogens with one attached hydrogen (secondary N) is 1. The Morgan fingerprint density at radius 1 is 1.12 bits per heavy atom. The van der Waals surface area contributed by atoms with Crippen LogP contribution >= 0.6 is 11.8 Å². The molecule has 126 valence electrons. The van der Waals surface area contributed by atoms with Crippen molar-refractivity contribution in [1.29, 1.82) is 0 Å². The Morgan fingerprint density at radius 3 is 2.62 bits per heavy atom. The van der Waals surface area contributed by atoms with Crippen molar-refractivity contribution in [2.24, 2.45) is 0 Å². The Morgan fingerprint density at radius 2 is 1.92 bits per heavy atom. The predicted octanol–water partition coefficient (Wildman–Crippen LogP) is 2.98. The maximum absolute atomic E-state index is 9.52. The van der Waals surface area contributed by atoms with E-state index in [1.54, 1.807) is 45.7 Å². The summed E-state index contributed by atoms with van der Waals surface area (Å²) >= 11 is 1.48. The highest BCUT2D eigenvalue weighted by Gasteiger charge is 2.18. The van der Waals surface area contributed by atoms with Gasteiger partial charge in [-0.2, -0.15) is 0 Å². The highest BCUT2D eigenvalue weighted by Crippen LogP contribution is 2.40. The van der Waals surface area contributed by atoms with Gasteiger partial charge in [-0.3, -0.25) is 4.98 Å². The number of aromatic amines is 1. The molecule has 0 aliphatic heterocycles. The third kappa shape index (κ3) is 3.05. The van der Waals surface area contributed by atoms with E-state index in [4.69, 9.17) is 14.2 Å². The summed E-state index contributed by atoms with van der Waals surface area (Å²) in [5.41, 5.74) is 2.30. The van der Waals surface area contributed by atoms with Gasteiger partial charge in [-0.1, -0.05) is 11.8 Å². The number of hydrogen-bond acceptors (Lipinski definition) is 7. The van der Waals surface area contributed by atoms with E-state index in [0.717, 1.165) is 21.9 Å². The average molecular weight is 347 g/mol. The Labute approximate surface area is 143 Å². The smallest absolute Gasteiger partial charge is 0.206 e. The van der Waals surface area contributed by atoms with Crippen molar-refractivity contribution in [3.8, 4) is 23.0 Å². The predicted molar refractivity (Wildman–Crippen MR) is 91.2 cm³/mol. The van der Waals surface area contributed by atoms with E-state index >= 15 is 0 Å². The highest BCUT2D eigenvalue weighted by atomic mass is 32.2. The van der Waals surface area contributed by atoms with E-state index in [0.29, 0.717) is 23.0 Å². The van der Waals surface area contributed by atoms with E-state index in [9.17, 15) is 5.11 Å². The van der Waals surface area contributed by atoms with Crippen molar-refractivity contribution >= 4 is 22.8 Å². The van der Waals surface area contributed by atoms with E-state index in [1.165, 1.54) is 11.8 Å². The number of phenols is 1. The summed E-state index contributed by atoms with van der Waals surface area (Å²) in [7, 11) is 4.68. The van der Waals surface area contributed by atoms with E-state index in [1.807, 2.05) is 0 Å². The minimum Gasteiger partial charge on any atom is -0.508 e. The van der Waals surface area contributed by atoms with Gasteiger partial charge in [-0.25, -0.2) is 4.98 Å². The quantitative estimate of drug-likeness (QED) is 0.663. The van der Waals surface area contributed by atoms with Crippen LogP contribution in [0.3, 0.4) is 0 Å². The molecule has 0 amide bonds. The van der Waals surface area contributed by atoms with Crippen LogP contribution in [0.15, 0.2) is 29.6 Å². The summed E-state index contributed by atoms with van der Waals surface area (Å²) in [4.78, 5) is 12.0. The number of phenolic OH excluding ortho intramolecular Hbond substituents is 1. The first-order valence-corrected chi connectivity index (χ1v) is 8.10. The van der Waals surface area contributed by atoms with Crippen LogP contribution in [0.25, 0.3) is 11.0 Å². The van der Waals surface area contributed by atoms with Crippen LogP contribution in [0.4, 0.5) is 0 Å². The molecule has 0 radical (unpaired) electrons. The highest BCUT2D eigenvalue weighted by molar-refractivity contribution is 7.98. The first-order chi connectivity index (χ1) is 11.7. The minimum atomic E-state index is 0.200. The lowest BCUT2D eigenvalue weighted by Crippen LogP contribution is -2.00. The van der Waals surface area contributed by atoms with Gasteiger partial charge in [-0.15, -0.1) is 0 Å². The summed E-state index contributed by atoms with van der Waals surface area (Å²) in [5.74, 6) is 2.31. The van der Waals surface area contributed by atoms with Gasteiger partial charge in [0.1, 0.15) is 5.75 Å². The molecule has 2 N–H and O–H groups in total. The number of benzene rings is 1. The third-order valence-corrected chi connectivity index (χ3v) is 4.33. The zero-order chi connectivity index (χ0) is 17.1. The molecular formula is C16H17N3O4S. The van der Waals surface area contributed by atoms with Gasteiger partial charge in [0.25, 0.3) is 0 Å². The van der Waals surface area contributed by atoms with Crippen molar-refractivity contribution < 1.29 is 19.3 Å². The van der Waals surface area contributed by atoms with Crippen LogP contribution in [0.5, 0.6) is 23.0 Å². The summed E-state index contributed by atoms with van der Waals surface area (Å²) in [5, 5.41) is 10.2. The Kier molecular flexibility index (Phi) is 4.66. The molecule has 0 spiro atoms. The number of aromatic hydroxyl groups is 1. The molecule has 0 saturated heterocycles. The molecule has 0 bridgehead atoms. The normalized spacial score (nSPS) is 10.8. The molecule has 2 aromatic heterocycles. The summed E-state index contributed by atoms with van der Waals surface area (Å²) in [6.45, 7) is 0. The van der Waals surface area contributed by atoms with Crippen molar-refractivity contribution in [2.75, 3.05) is 21.3 Å². The van der Waals surface area contributed by atoms with Crippen molar-refractivity contribution in [3.63, 3.8) is 0 Å². The number of thioether (sulfide) groups is 1. The molecule has 0 unspecified atom stereocenters. The Bertz CT molecular complexity index is 866. The Balaban J connectivity index is 1.85. The SMILES string of the molecule is COc1cnc(CSc2nc3ccc(O)cc3[nH]2)c(OC)c1OC. The first-order valence-electron chi connectivity index (χ1n) is 7.11. The second-order valence-corrected chi connectivity index (χ2v) is 5.84.